The van der Waals surface area contributed by atoms with Crippen molar-refractivity contribution in [2.45, 2.75) is 52.4 Å². The molecule has 0 fully saturated rings. The molecule has 3 heteroatoms. The van der Waals surface area contributed by atoms with Crippen LogP contribution in [0, 0.1) is 0 Å². The van der Waals surface area contributed by atoms with Crippen LogP contribution < -0.4 is 5.73 Å². The maximum Gasteiger partial charge on any atom is 0.129 e. The zero-order chi connectivity index (χ0) is 15.6. The van der Waals surface area contributed by atoms with E-state index in [9.17, 15) is 0 Å². The maximum absolute atomic E-state index is 6.27. The molecule has 1 heterocycles. The number of hydrogen-bond donors (Lipinski definition) is 1. The van der Waals surface area contributed by atoms with Crippen LogP contribution in [0.3, 0.4) is 0 Å². The molecule has 0 saturated carbocycles. The number of hydrogen-bond acceptors (Lipinski definition) is 2. The fourth-order valence-electron chi connectivity index (χ4n) is 2.80. The third-order valence-corrected chi connectivity index (χ3v) is 4.17. The first-order valence-corrected chi connectivity index (χ1v) is 7.88. The Labute approximate surface area is 128 Å². The van der Waals surface area contributed by atoms with E-state index in [4.69, 9.17) is 5.73 Å². The van der Waals surface area contributed by atoms with Crippen molar-refractivity contribution in [3.63, 3.8) is 0 Å². The molecule has 1 unspecified atom stereocenters. The molecular weight excluding hydrogens is 258 g/mol. The second-order valence-corrected chi connectivity index (χ2v) is 6.24. The molecule has 3 nitrogen and oxygen atoms in total. The Hall–Kier alpha value is -1.77. The molecular formula is C18H27N3. The molecule has 0 bridgehead atoms. The predicted octanol–water partition coefficient (Wildman–Crippen LogP) is 4.70. The van der Waals surface area contributed by atoms with Crippen molar-refractivity contribution in [3.8, 4) is 11.1 Å². The van der Waals surface area contributed by atoms with Crippen LogP contribution in [0.1, 0.15) is 63.6 Å². The monoisotopic (exact) mass is 285 g/mol. The first-order chi connectivity index (χ1) is 9.95. The Kier molecular flexibility index (Phi) is 4.71. The summed E-state index contributed by atoms with van der Waals surface area (Å²) in [6, 6.07) is 8.73. The molecule has 1 aromatic heterocycles. The van der Waals surface area contributed by atoms with Gasteiger partial charge in [-0.15, -0.1) is 0 Å². The van der Waals surface area contributed by atoms with Gasteiger partial charge in [0.25, 0.3) is 0 Å². The van der Waals surface area contributed by atoms with Gasteiger partial charge in [-0.05, 0) is 23.5 Å². The van der Waals surface area contributed by atoms with E-state index >= 15 is 0 Å². The topological polar surface area (TPSA) is 43.8 Å². The second kappa shape index (κ2) is 6.33. The van der Waals surface area contributed by atoms with Gasteiger partial charge in [-0.1, -0.05) is 58.4 Å². The lowest BCUT2D eigenvalue weighted by Crippen LogP contribution is -1.98. The van der Waals surface area contributed by atoms with E-state index < -0.39 is 0 Å². The van der Waals surface area contributed by atoms with Crippen molar-refractivity contribution >= 4 is 5.82 Å². The van der Waals surface area contributed by atoms with Crippen LogP contribution in [-0.4, -0.2) is 9.78 Å². The van der Waals surface area contributed by atoms with Crippen molar-refractivity contribution in [1.82, 2.24) is 9.78 Å². The summed E-state index contributed by atoms with van der Waals surface area (Å²) in [5, 5.41) is 4.65. The quantitative estimate of drug-likeness (QED) is 0.865. The fraction of sp³-hybridized carbons (Fsp3) is 0.500. The predicted molar refractivity (Wildman–Crippen MR) is 90.5 cm³/mol. The molecule has 0 aliphatic heterocycles. The van der Waals surface area contributed by atoms with Gasteiger partial charge in [0.15, 0.2) is 0 Å². The van der Waals surface area contributed by atoms with Gasteiger partial charge in [-0.2, -0.15) is 5.10 Å². The smallest absolute Gasteiger partial charge is 0.129 e. The highest BCUT2D eigenvalue weighted by Gasteiger charge is 2.20. The van der Waals surface area contributed by atoms with Crippen LogP contribution in [-0.2, 0) is 7.05 Å². The molecule has 2 N–H and O–H groups in total. The minimum atomic E-state index is 0.429. The number of anilines is 1. The Morgan fingerprint density at radius 3 is 2.29 bits per heavy atom. The molecule has 0 spiro atoms. The van der Waals surface area contributed by atoms with Crippen LogP contribution in [0.25, 0.3) is 11.1 Å². The summed E-state index contributed by atoms with van der Waals surface area (Å²) in [4.78, 5) is 0. The first kappa shape index (κ1) is 15.6. The first-order valence-electron chi connectivity index (χ1n) is 7.88. The molecule has 0 amide bonds. The summed E-state index contributed by atoms with van der Waals surface area (Å²) in [5.41, 5.74) is 11.0. The molecule has 0 aliphatic carbocycles. The molecule has 21 heavy (non-hydrogen) atoms. The normalized spacial score (nSPS) is 12.9. The molecule has 0 saturated heterocycles. The number of benzene rings is 1. The molecule has 1 atom stereocenters. The standard InChI is InChI=1S/C18H27N3/c1-6-7-13(4)17-16(18(19)21(5)20-17)15-10-8-14(9-11-15)12(2)3/h8-13H,6-7,19H2,1-5H3. The average molecular weight is 285 g/mol. The number of nitrogens with two attached hydrogens (primary N) is 1. The number of nitrogens with zero attached hydrogens (tertiary/aromatic N) is 2. The van der Waals surface area contributed by atoms with E-state index in [-0.39, 0.29) is 0 Å². The summed E-state index contributed by atoms with van der Waals surface area (Å²) in [6.07, 6.45) is 2.29. The van der Waals surface area contributed by atoms with E-state index in [1.807, 2.05) is 7.05 Å². The fourth-order valence-corrected chi connectivity index (χ4v) is 2.80. The van der Waals surface area contributed by atoms with Crippen LogP contribution in [0.15, 0.2) is 24.3 Å². The van der Waals surface area contributed by atoms with Gasteiger partial charge in [0.05, 0.1) is 5.69 Å². The molecule has 2 aromatic rings. The number of aryl methyl sites for hydroxylation is 1. The molecule has 0 radical (unpaired) electrons. The third-order valence-electron chi connectivity index (χ3n) is 4.17. The van der Waals surface area contributed by atoms with E-state index in [0.717, 1.165) is 29.9 Å². The van der Waals surface area contributed by atoms with Gasteiger partial charge in [0.1, 0.15) is 5.82 Å². The minimum Gasteiger partial charge on any atom is -0.383 e. The lowest BCUT2D eigenvalue weighted by Gasteiger charge is -2.11. The van der Waals surface area contributed by atoms with Crippen molar-refractivity contribution in [1.29, 1.82) is 0 Å². The average Bonchev–Trinajstić information content (AvgIpc) is 2.75. The van der Waals surface area contributed by atoms with E-state index in [1.165, 1.54) is 11.1 Å². The van der Waals surface area contributed by atoms with Crippen molar-refractivity contribution < 1.29 is 0 Å². The van der Waals surface area contributed by atoms with E-state index in [2.05, 4.69) is 57.1 Å². The summed E-state index contributed by atoms with van der Waals surface area (Å²) >= 11 is 0. The van der Waals surface area contributed by atoms with Gasteiger partial charge >= 0.3 is 0 Å². The van der Waals surface area contributed by atoms with Crippen LogP contribution >= 0.6 is 0 Å². The maximum atomic E-state index is 6.27. The van der Waals surface area contributed by atoms with E-state index in [1.54, 1.807) is 4.68 Å². The summed E-state index contributed by atoms with van der Waals surface area (Å²) in [6.45, 7) is 8.86. The van der Waals surface area contributed by atoms with Crippen LogP contribution in [0.5, 0.6) is 0 Å². The Balaban J connectivity index is 2.47. The molecule has 2 rings (SSSR count). The van der Waals surface area contributed by atoms with Gasteiger partial charge in [-0.25, -0.2) is 0 Å². The number of aromatic nitrogens is 2. The van der Waals surface area contributed by atoms with Gasteiger partial charge < -0.3 is 5.73 Å². The highest BCUT2D eigenvalue weighted by atomic mass is 15.3. The Bertz CT molecular complexity index is 594. The second-order valence-electron chi connectivity index (χ2n) is 6.24. The lowest BCUT2D eigenvalue weighted by atomic mass is 9.93. The molecule has 0 aliphatic rings. The summed E-state index contributed by atoms with van der Waals surface area (Å²) < 4.78 is 1.80. The summed E-state index contributed by atoms with van der Waals surface area (Å²) in [7, 11) is 1.92. The van der Waals surface area contributed by atoms with Crippen molar-refractivity contribution in [3.05, 3.63) is 35.5 Å². The van der Waals surface area contributed by atoms with Gasteiger partial charge in [-0.3, -0.25) is 4.68 Å². The van der Waals surface area contributed by atoms with Crippen molar-refractivity contribution in [2.75, 3.05) is 5.73 Å². The van der Waals surface area contributed by atoms with E-state index in [0.29, 0.717) is 11.8 Å². The van der Waals surface area contributed by atoms with Gasteiger partial charge in [0, 0.05) is 18.5 Å². The number of rotatable bonds is 5. The SMILES string of the molecule is CCCC(C)c1nn(C)c(N)c1-c1ccc(C(C)C)cc1. The van der Waals surface area contributed by atoms with Crippen LogP contribution in [0.4, 0.5) is 5.82 Å². The van der Waals surface area contributed by atoms with Crippen LogP contribution in [0.2, 0.25) is 0 Å². The molecule has 114 valence electrons. The summed E-state index contributed by atoms with van der Waals surface area (Å²) in [5.74, 6) is 1.73. The lowest BCUT2D eigenvalue weighted by molar-refractivity contribution is 0.627. The number of nitrogen functional groups attached to an aromatic ring is 1. The Morgan fingerprint density at radius 1 is 1.14 bits per heavy atom. The molecule has 1 aromatic carbocycles. The highest BCUT2D eigenvalue weighted by molar-refractivity contribution is 5.77. The highest BCUT2D eigenvalue weighted by Crippen LogP contribution is 2.35. The third kappa shape index (κ3) is 3.12. The minimum absolute atomic E-state index is 0.429. The Morgan fingerprint density at radius 2 is 1.76 bits per heavy atom. The van der Waals surface area contributed by atoms with Crippen molar-refractivity contribution in [2.24, 2.45) is 7.05 Å². The zero-order valence-electron chi connectivity index (χ0n) is 13.9. The largest absolute Gasteiger partial charge is 0.383 e. The van der Waals surface area contributed by atoms with Gasteiger partial charge in [0.2, 0.25) is 0 Å². The zero-order valence-corrected chi connectivity index (χ0v) is 13.9.